The summed E-state index contributed by atoms with van der Waals surface area (Å²) in [7, 11) is 0. The molecule has 3 rings (SSSR count). The largest absolute Gasteiger partial charge is 0.459 e. The number of benzene rings is 2. The van der Waals surface area contributed by atoms with E-state index < -0.39 is 48.2 Å². The summed E-state index contributed by atoms with van der Waals surface area (Å²) >= 11 is 0. The van der Waals surface area contributed by atoms with Crippen LogP contribution in [0.1, 0.15) is 27.6 Å². The zero-order chi connectivity index (χ0) is 22.4. The summed E-state index contributed by atoms with van der Waals surface area (Å²) in [5, 5.41) is 0. The molecule has 0 aliphatic carbocycles. The molecule has 2 aromatic carbocycles. The summed E-state index contributed by atoms with van der Waals surface area (Å²) in [5.74, 6) is -3.00. The van der Waals surface area contributed by atoms with E-state index in [1.54, 1.807) is 48.5 Å². The van der Waals surface area contributed by atoms with E-state index in [1.807, 2.05) is 0 Å². The highest BCUT2D eigenvalue weighted by molar-refractivity contribution is 5.90. The lowest BCUT2D eigenvalue weighted by Gasteiger charge is -2.23. The Morgan fingerprint density at radius 1 is 0.839 bits per heavy atom. The second kappa shape index (κ2) is 9.86. The van der Waals surface area contributed by atoms with Crippen LogP contribution in [0.2, 0.25) is 0 Å². The fraction of sp³-hybridized carbons (Fsp3) is 0.273. The van der Waals surface area contributed by atoms with Crippen molar-refractivity contribution in [2.45, 2.75) is 31.3 Å². The predicted octanol–water partition coefficient (Wildman–Crippen LogP) is 1.25. The van der Waals surface area contributed by atoms with Gasteiger partial charge in [0.1, 0.15) is 12.7 Å². The Balaban J connectivity index is 1.77. The Morgan fingerprint density at radius 2 is 1.39 bits per heavy atom. The Bertz CT molecular complexity index is 946. The van der Waals surface area contributed by atoms with Crippen molar-refractivity contribution < 1.29 is 38.1 Å². The lowest BCUT2D eigenvalue weighted by molar-refractivity contribution is -0.154. The molecule has 4 atom stereocenters. The molecule has 1 aliphatic heterocycles. The van der Waals surface area contributed by atoms with Crippen molar-refractivity contribution in [1.82, 2.24) is 0 Å². The van der Waals surface area contributed by atoms with Gasteiger partial charge in [-0.1, -0.05) is 36.4 Å². The fourth-order valence-electron chi connectivity index (χ4n) is 3.13. The smallest absolute Gasteiger partial charge is 0.338 e. The van der Waals surface area contributed by atoms with E-state index in [0.717, 1.165) is 6.92 Å². The quantitative estimate of drug-likeness (QED) is 0.516. The van der Waals surface area contributed by atoms with Crippen LogP contribution in [0.15, 0.2) is 60.7 Å². The van der Waals surface area contributed by atoms with Crippen LogP contribution in [-0.4, -0.2) is 54.8 Å². The average molecular weight is 427 g/mol. The van der Waals surface area contributed by atoms with Gasteiger partial charge in [-0.3, -0.25) is 9.59 Å². The van der Waals surface area contributed by atoms with Crippen molar-refractivity contribution >= 4 is 23.8 Å². The van der Waals surface area contributed by atoms with Gasteiger partial charge in [0.25, 0.3) is 5.91 Å². The molecule has 1 heterocycles. The van der Waals surface area contributed by atoms with Crippen molar-refractivity contribution in [1.29, 1.82) is 0 Å². The SMILES string of the molecule is CC(=O)O[C@H]1[C@@H](OC(=O)c2ccccc2)[C@H](C(N)=O)O[C@@H]1COC(=O)c1ccccc1. The number of amides is 1. The maximum absolute atomic E-state index is 12.5. The molecule has 31 heavy (non-hydrogen) atoms. The highest BCUT2D eigenvalue weighted by Crippen LogP contribution is 2.28. The number of primary amides is 1. The first-order chi connectivity index (χ1) is 14.9. The van der Waals surface area contributed by atoms with Crippen LogP contribution in [0.3, 0.4) is 0 Å². The van der Waals surface area contributed by atoms with E-state index in [-0.39, 0.29) is 12.2 Å². The Labute approximate surface area is 178 Å². The number of ether oxygens (including phenoxy) is 4. The molecule has 0 aromatic heterocycles. The standard InChI is InChI=1S/C22H21NO8/c1-13(24)29-17-16(12-28-21(26)14-8-4-2-5-9-14)30-19(20(23)25)18(17)31-22(27)15-10-6-3-7-11-15/h2-11,16-19H,12H2,1H3,(H2,23,25)/t16-,17-,18-,19-/m1/s1. The zero-order valence-electron chi connectivity index (χ0n) is 16.6. The van der Waals surface area contributed by atoms with Gasteiger partial charge in [0.2, 0.25) is 0 Å². The van der Waals surface area contributed by atoms with Crippen molar-refractivity contribution in [3.63, 3.8) is 0 Å². The average Bonchev–Trinajstić information content (AvgIpc) is 3.10. The number of nitrogens with two attached hydrogens (primary N) is 1. The molecule has 0 unspecified atom stereocenters. The lowest BCUT2D eigenvalue weighted by Crippen LogP contribution is -2.45. The van der Waals surface area contributed by atoms with Crippen LogP contribution in [0.4, 0.5) is 0 Å². The van der Waals surface area contributed by atoms with Crippen LogP contribution in [0, 0.1) is 0 Å². The van der Waals surface area contributed by atoms with E-state index in [9.17, 15) is 19.2 Å². The second-order valence-electron chi connectivity index (χ2n) is 6.77. The zero-order valence-corrected chi connectivity index (χ0v) is 16.6. The summed E-state index contributed by atoms with van der Waals surface area (Å²) in [4.78, 5) is 48.3. The van der Waals surface area contributed by atoms with Gasteiger partial charge >= 0.3 is 17.9 Å². The summed E-state index contributed by atoms with van der Waals surface area (Å²) in [5.41, 5.74) is 5.94. The van der Waals surface area contributed by atoms with E-state index in [4.69, 9.17) is 24.7 Å². The normalized spacial score (nSPS) is 22.4. The third-order valence-corrected chi connectivity index (χ3v) is 4.53. The predicted molar refractivity (Wildman–Crippen MR) is 106 cm³/mol. The van der Waals surface area contributed by atoms with Crippen molar-refractivity contribution in [2.75, 3.05) is 6.61 Å². The number of hydrogen-bond donors (Lipinski definition) is 1. The topological polar surface area (TPSA) is 131 Å². The highest BCUT2D eigenvalue weighted by atomic mass is 16.7. The molecule has 2 aromatic rings. The number of rotatable bonds is 7. The molecule has 0 radical (unpaired) electrons. The van der Waals surface area contributed by atoms with Crippen molar-refractivity contribution in [3.8, 4) is 0 Å². The van der Waals surface area contributed by atoms with Crippen LogP contribution >= 0.6 is 0 Å². The molecule has 1 aliphatic rings. The third kappa shape index (κ3) is 5.46. The first-order valence-corrected chi connectivity index (χ1v) is 9.47. The Kier molecular flexibility index (Phi) is 6.99. The molecule has 162 valence electrons. The van der Waals surface area contributed by atoms with Gasteiger partial charge in [-0.05, 0) is 24.3 Å². The summed E-state index contributed by atoms with van der Waals surface area (Å²) in [6.07, 6.45) is -4.97. The molecule has 0 saturated carbocycles. The number of hydrogen-bond acceptors (Lipinski definition) is 8. The van der Waals surface area contributed by atoms with Crippen LogP contribution in [0.25, 0.3) is 0 Å². The van der Waals surface area contributed by atoms with Gasteiger partial charge in [0.15, 0.2) is 18.3 Å². The molecule has 1 fully saturated rings. The van der Waals surface area contributed by atoms with Gasteiger partial charge in [-0.15, -0.1) is 0 Å². The minimum atomic E-state index is -1.39. The molecule has 0 spiro atoms. The third-order valence-electron chi connectivity index (χ3n) is 4.53. The van der Waals surface area contributed by atoms with E-state index in [1.165, 1.54) is 12.1 Å². The second-order valence-corrected chi connectivity index (χ2v) is 6.77. The summed E-state index contributed by atoms with van der Waals surface area (Å²) < 4.78 is 21.5. The molecule has 1 amide bonds. The first kappa shape index (κ1) is 22.0. The molecule has 1 saturated heterocycles. The van der Waals surface area contributed by atoms with Gasteiger partial charge in [-0.25, -0.2) is 9.59 Å². The minimum Gasteiger partial charge on any atom is -0.459 e. The number of esters is 3. The first-order valence-electron chi connectivity index (χ1n) is 9.47. The van der Waals surface area contributed by atoms with Gasteiger partial charge in [-0.2, -0.15) is 0 Å². The molecular formula is C22H21NO8. The van der Waals surface area contributed by atoms with Gasteiger partial charge in [0, 0.05) is 6.92 Å². The van der Waals surface area contributed by atoms with Crippen molar-refractivity contribution in [3.05, 3.63) is 71.8 Å². The van der Waals surface area contributed by atoms with Gasteiger partial charge in [0.05, 0.1) is 11.1 Å². The van der Waals surface area contributed by atoms with Gasteiger partial charge < -0.3 is 24.7 Å². The Hall–Kier alpha value is -3.72. The molecular weight excluding hydrogens is 406 g/mol. The maximum Gasteiger partial charge on any atom is 0.338 e. The van der Waals surface area contributed by atoms with Crippen LogP contribution in [-0.2, 0) is 28.5 Å². The van der Waals surface area contributed by atoms with Crippen LogP contribution < -0.4 is 5.73 Å². The fourth-order valence-corrected chi connectivity index (χ4v) is 3.13. The number of carbonyl (C=O) groups is 4. The lowest BCUT2D eigenvalue weighted by atomic mass is 10.1. The van der Waals surface area contributed by atoms with E-state index >= 15 is 0 Å². The van der Waals surface area contributed by atoms with E-state index in [0.29, 0.717) is 5.56 Å². The summed E-state index contributed by atoms with van der Waals surface area (Å²) in [6.45, 7) is 0.801. The molecule has 2 N–H and O–H groups in total. The molecule has 0 bridgehead atoms. The molecule has 9 heteroatoms. The monoisotopic (exact) mass is 427 g/mol. The van der Waals surface area contributed by atoms with E-state index in [2.05, 4.69) is 0 Å². The maximum atomic E-state index is 12.5. The highest BCUT2D eigenvalue weighted by Gasteiger charge is 2.52. The Morgan fingerprint density at radius 3 is 1.90 bits per heavy atom. The number of carbonyl (C=O) groups excluding carboxylic acids is 4. The summed E-state index contributed by atoms with van der Waals surface area (Å²) in [6, 6.07) is 16.3. The molecule has 9 nitrogen and oxygen atoms in total. The minimum absolute atomic E-state index is 0.228. The van der Waals surface area contributed by atoms with Crippen LogP contribution in [0.5, 0.6) is 0 Å². The van der Waals surface area contributed by atoms with Crippen molar-refractivity contribution in [2.24, 2.45) is 5.73 Å².